The minimum Gasteiger partial charge on any atom is -0.0880 e. The Bertz CT molecular complexity index is 1700. The first-order chi connectivity index (χ1) is 36.3. The van der Waals surface area contributed by atoms with E-state index in [9.17, 15) is 0 Å². The van der Waals surface area contributed by atoms with Gasteiger partial charge in [0.25, 0.3) is 0 Å². The summed E-state index contributed by atoms with van der Waals surface area (Å²) < 4.78 is 0. The second-order valence-corrected chi connectivity index (χ2v) is 46.3. The molecule has 0 aromatic heterocycles. The normalized spacial score (nSPS) is 13.6. The Morgan fingerprint density at radius 3 is 0.521 bits per heavy atom. The van der Waals surface area contributed by atoms with Crippen LogP contribution in [0.4, 0.5) is 0 Å². The van der Waals surface area contributed by atoms with Gasteiger partial charge in [0.2, 0.25) is 0 Å². The van der Waals surface area contributed by atoms with Crippen LogP contribution in [0.25, 0.3) is 0 Å². The quantitative estimate of drug-likeness (QED) is 0.191. The molecule has 0 radical (unpaired) electrons. The number of allylic oxidation sites excluding steroid dienone is 6. The van der Waals surface area contributed by atoms with Crippen LogP contribution >= 0.6 is 0 Å². The van der Waals surface area contributed by atoms with Gasteiger partial charge >= 0.3 is 0 Å². The van der Waals surface area contributed by atoms with Crippen molar-refractivity contribution in [1.29, 1.82) is 0 Å². The third kappa shape index (κ3) is 89.2. The second kappa shape index (κ2) is 47.4. The Kier molecular flexibility index (Phi) is 65.4. The zero-order valence-corrected chi connectivity index (χ0v) is 71.4. The van der Waals surface area contributed by atoms with Crippen LogP contribution in [0.5, 0.6) is 0 Å². The minimum absolute atomic E-state index is 0. The Morgan fingerprint density at radius 2 is 0.404 bits per heavy atom. The van der Waals surface area contributed by atoms with E-state index in [-0.39, 0.29) is 70.2 Å². The molecule has 0 aliphatic rings. The Hall–Kier alpha value is -0.780. The SMILES string of the molecule is C.C.C.C.C.C.C.C.C/C(CC(C)(C)C)=C(\C)CC(C)(C)C.CC(C)(C)C(C)(C)/C=C\C(C)(C)C(C)(C)C.CC(C)(C)C(C)(C)C(C)(C)C.CC(C)(C)C/C=C\CC(C)(C)C.CC(C)(C)CC(C)(C)C.CC(C)(C)CCC(C)(C)C.CC(C)(C)CCC(C)(C)CC(C)(C)C. The summed E-state index contributed by atoms with van der Waals surface area (Å²) in [4.78, 5) is 0. The van der Waals surface area contributed by atoms with E-state index < -0.39 is 0 Å². The second-order valence-electron chi connectivity index (χ2n) is 46.3. The maximum Gasteiger partial charge on any atom is -0.0126 e. The highest BCUT2D eigenvalue weighted by molar-refractivity contribution is 5.12. The van der Waals surface area contributed by atoms with E-state index in [1.165, 1.54) is 64.2 Å². The van der Waals surface area contributed by atoms with Crippen molar-refractivity contribution in [2.45, 2.75) is 484 Å². The van der Waals surface area contributed by atoms with E-state index in [1.807, 2.05) is 0 Å². The van der Waals surface area contributed by atoms with Gasteiger partial charge in [-0.1, -0.05) is 441 Å². The fourth-order valence-electron chi connectivity index (χ4n) is 9.39. The molecule has 588 valence electrons. The molecule has 0 aromatic rings. The molecular formula is C94H212. The monoisotopic (exact) mass is 1340 g/mol. The van der Waals surface area contributed by atoms with Crippen LogP contribution in [0, 0.1) is 97.5 Å². The molecular weight excluding hydrogens is 1130 g/mol. The van der Waals surface area contributed by atoms with Gasteiger partial charge in [0.05, 0.1) is 0 Å². The van der Waals surface area contributed by atoms with Crippen LogP contribution in [0.3, 0.4) is 0 Å². The molecule has 0 unspecified atom stereocenters. The van der Waals surface area contributed by atoms with Crippen molar-refractivity contribution in [2.75, 3.05) is 0 Å². The number of rotatable bonds is 10. The molecule has 0 aromatic carbocycles. The first kappa shape index (κ1) is 130. The summed E-state index contributed by atoms with van der Waals surface area (Å²) in [6.45, 7) is 120. The predicted octanol–water partition coefficient (Wildman–Crippen LogP) is 37.1. The van der Waals surface area contributed by atoms with Crippen molar-refractivity contribution in [3.8, 4) is 0 Å². The van der Waals surface area contributed by atoms with Crippen LogP contribution < -0.4 is 0 Å². The Balaban J connectivity index is -0.0000000591. The molecule has 0 aliphatic carbocycles. The molecule has 0 bridgehead atoms. The predicted molar refractivity (Wildman–Crippen MR) is 464 cm³/mol. The largest absolute Gasteiger partial charge is 0.0880 e. The Labute approximate surface area is 613 Å². The summed E-state index contributed by atoms with van der Waals surface area (Å²) in [5.74, 6) is 0. The van der Waals surface area contributed by atoms with E-state index in [2.05, 4.69) is 384 Å². The zero-order valence-electron chi connectivity index (χ0n) is 71.4. The first-order valence-corrected chi connectivity index (χ1v) is 35.3. The summed E-state index contributed by atoms with van der Waals surface area (Å²) in [7, 11) is 0. The highest BCUT2D eigenvalue weighted by Crippen LogP contribution is 2.51. The lowest BCUT2D eigenvalue weighted by Crippen LogP contribution is -2.41. The van der Waals surface area contributed by atoms with Crippen molar-refractivity contribution in [1.82, 2.24) is 0 Å². The Morgan fingerprint density at radius 1 is 0.213 bits per heavy atom. The number of hydrogen-bond donors (Lipinski definition) is 0. The fraction of sp³-hybridized carbons (Fsp3) is 0.936. The lowest BCUT2D eigenvalue weighted by Gasteiger charge is -2.49. The van der Waals surface area contributed by atoms with Gasteiger partial charge < -0.3 is 0 Å². The standard InChI is InChI=1S/C16H32.C14H28.C14H30.C12H24.C11H24.C10H22.C9H20.8CH4/c1-13(2,3)15(7,8)11-12-16(9,10)14(4,5)6;1-11(9-13(3,4)5)12(2)10-14(6,7)8;1-12(2,3)9-10-14(7,8)11-13(4,5)6;1-11(2,3)9-7-8-10-12(4,5)6;1-9(2,3)11(7,8)10(4,5)6;1-9(2,3)7-8-10(4,5)6;1-8(2,3)7-9(4,5)6;;;;;;;;/h11-12H,1-10H3;9-10H2,1-8H3;9-11H2,1-8H3;7-8H,9-10H2,1-6H3;1-8H3;7-8H2,1-6H3;7H2,1-6H3;8*1H4/b2*12-11-;;8-7-;;;;;;;;;;;. The maximum atomic E-state index is 2.41. The van der Waals surface area contributed by atoms with Gasteiger partial charge in [-0.2, -0.15) is 0 Å². The van der Waals surface area contributed by atoms with Crippen LogP contribution in [0.1, 0.15) is 484 Å². The third-order valence-electron chi connectivity index (χ3n) is 17.7. The molecule has 0 N–H and O–H groups in total. The molecule has 0 nitrogen and oxygen atoms in total. The molecule has 0 spiro atoms. The average molecular weight is 1340 g/mol. The van der Waals surface area contributed by atoms with Crippen LogP contribution in [0.2, 0.25) is 0 Å². The molecule has 0 heterocycles. The molecule has 94 heavy (non-hydrogen) atoms. The fourth-order valence-corrected chi connectivity index (χ4v) is 9.39. The van der Waals surface area contributed by atoms with Gasteiger partial charge in [0, 0.05) is 0 Å². The molecule has 0 aliphatic heterocycles. The summed E-state index contributed by atoms with van der Waals surface area (Å²) in [6, 6.07) is 0. The van der Waals surface area contributed by atoms with E-state index in [4.69, 9.17) is 0 Å². The maximum absolute atomic E-state index is 2.41. The summed E-state index contributed by atoms with van der Waals surface area (Å²) in [6.07, 6.45) is 22.2. The van der Waals surface area contributed by atoms with Crippen molar-refractivity contribution >= 4 is 0 Å². The van der Waals surface area contributed by atoms with Gasteiger partial charge in [-0.15, -0.1) is 0 Å². The van der Waals surface area contributed by atoms with Crippen LogP contribution in [0.15, 0.2) is 35.5 Å². The first-order valence-electron chi connectivity index (χ1n) is 35.3. The van der Waals surface area contributed by atoms with Crippen molar-refractivity contribution in [3.63, 3.8) is 0 Å². The van der Waals surface area contributed by atoms with E-state index >= 15 is 0 Å². The average Bonchev–Trinajstić information content (AvgIpc) is 3.12. The molecule has 0 saturated carbocycles. The topological polar surface area (TPSA) is 0 Å². The van der Waals surface area contributed by atoms with Crippen molar-refractivity contribution in [3.05, 3.63) is 35.5 Å². The molecule has 0 amide bonds. The van der Waals surface area contributed by atoms with Crippen LogP contribution in [-0.2, 0) is 0 Å². The van der Waals surface area contributed by atoms with Crippen LogP contribution in [-0.4, -0.2) is 0 Å². The van der Waals surface area contributed by atoms with Gasteiger partial charge in [-0.25, -0.2) is 0 Å². The molecule has 0 fully saturated rings. The van der Waals surface area contributed by atoms with Gasteiger partial charge in [-0.05, 0) is 176 Å². The zero-order chi connectivity index (χ0) is 72.1. The molecule has 0 saturated heterocycles. The van der Waals surface area contributed by atoms with E-state index in [1.54, 1.807) is 11.1 Å². The highest BCUT2D eigenvalue weighted by atomic mass is 14.5. The van der Waals surface area contributed by atoms with Gasteiger partial charge in [-0.3, -0.25) is 0 Å². The van der Waals surface area contributed by atoms with Crippen molar-refractivity contribution < 1.29 is 0 Å². The number of hydrogen-bond acceptors (Lipinski definition) is 0. The third-order valence-corrected chi connectivity index (χ3v) is 17.7. The van der Waals surface area contributed by atoms with Gasteiger partial charge in [0.1, 0.15) is 0 Å². The lowest BCUT2D eigenvalue weighted by molar-refractivity contribution is 0.00575. The van der Waals surface area contributed by atoms with E-state index in [0.717, 1.165) is 0 Å². The molecule has 0 heteroatoms. The molecule has 0 atom stereocenters. The molecule has 0 rings (SSSR count). The smallest absolute Gasteiger partial charge is 0.0126 e. The lowest BCUT2D eigenvalue weighted by atomic mass is 9.56. The summed E-state index contributed by atoms with van der Waals surface area (Å²) in [5.41, 5.74) is 10.5. The highest BCUT2D eigenvalue weighted by Gasteiger charge is 2.42. The van der Waals surface area contributed by atoms with Gasteiger partial charge in [0.15, 0.2) is 0 Å². The summed E-state index contributed by atoms with van der Waals surface area (Å²) >= 11 is 0. The minimum atomic E-state index is 0. The van der Waals surface area contributed by atoms with Crippen molar-refractivity contribution in [2.24, 2.45) is 97.5 Å². The summed E-state index contributed by atoms with van der Waals surface area (Å²) in [5, 5.41) is 0. The van der Waals surface area contributed by atoms with E-state index in [0.29, 0.717) is 86.6 Å².